The SMILES string of the molecule is CCN(CC(=O)O)C1CC(NC(=O)NCCc2ccccc2Br)C1. The molecule has 132 valence electrons. The zero-order valence-corrected chi connectivity index (χ0v) is 15.4. The Morgan fingerprint density at radius 2 is 2.04 bits per heavy atom. The van der Waals surface area contributed by atoms with Crippen LogP contribution in [0.4, 0.5) is 4.79 Å². The molecule has 0 saturated heterocycles. The van der Waals surface area contributed by atoms with Crippen LogP contribution in [0.1, 0.15) is 25.3 Å². The summed E-state index contributed by atoms with van der Waals surface area (Å²) in [6, 6.07) is 8.17. The molecule has 0 heterocycles. The Morgan fingerprint density at radius 3 is 2.67 bits per heavy atom. The van der Waals surface area contributed by atoms with Gasteiger partial charge in [-0.2, -0.15) is 0 Å². The van der Waals surface area contributed by atoms with Crippen molar-refractivity contribution in [1.29, 1.82) is 0 Å². The standard InChI is InChI=1S/C17H24BrN3O3/c1-2-21(11-16(22)23)14-9-13(10-14)20-17(24)19-8-7-12-5-3-4-6-15(12)18/h3-6,13-14H,2,7-11H2,1H3,(H,22,23)(H2,19,20,24). The van der Waals surface area contributed by atoms with Crippen molar-refractivity contribution in [3.63, 3.8) is 0 Å². The summed E-state index contributed by atoms with van der Waals surface area (Å²) in [4.78, 5) is 24.6. The van der Waals surface area contributed by atoms with Gasteiger partial charge in [0.2, 0.25) is 0 Å². The van der Waals surface area contributed by atoms with Crippen molar-refractivity contribution in [3.05, 3.63) is 34.3 Å². The van der Waals surface area contributed by atoms with Crippen LogP contribution in [0.25, 0.3) is 0 Å². The van der Waals surface area contributed by atoms with Gasteiger partial charge in [-0.1, -0.05) is 41.1 Å². The number of nitrogens with zero attached hydrogens (tertiary/aromatic N) is 1. The fourth-order valence-electron chi connectivity index (χ4n) is 2.92. The Labute approximate surface area is 150 Å². The highest BCUT2D eigenvalue weighted by Gasteiger charge is 2.34. The number of nitrogens with one attached hydrogen (secondary N) is 2. The normalized spacial score (nSPS) is 19.6. The number of carbonyl (C=O) groups excluding carboxylic acids is 1. The number of benzene rings is 1. The molecule has 1 aliphatic rings. The number of hydrogen-bond donors (Lipinski definition) is 3. The number of carbonyl (C=O) groups is 2. The molecule has 0 spiro atoms. The van der Waals surface area contributed by atoms with Crippen molar-refractivity contribution in [3.8, 4) is 0 Å². The third kappa shape index (κ3) is 5.49. The zero-order chi connectivity index (χ0) is 17.5. The van der Waals surface area contributed by atoms with Crippen LogP contribution in [0.5, 0.6) is 0 Å². The van der Waals surface area contributed by atoms with Gasteiger partial charge in [0.15, 0.2) is 0 Å². The third-order valence-electron chi connectivity index (χ3n) is 4.35. The van der Waals surface area contributed by atoms with Crippen LogP contribution in [0, 0.1) is 0 Å². The van der Waals surface area contributed by atoms with Crippen molar-refractivity contribution >= 4 is 27.9 Å². The lowest BCUT2D eigenvalue weighted by atomic mass is 9.85. The Morgan fingerprint density at radius 1 is 1.33 bits per heavy atom. The van der Waals surface area contributed by atoms with Gasteiger partial charge in [0.1, 0.15) is 0 Å². The second-order valence-electron chi connectivity index (χ2n) is 6.02. The summed E-state index contributed by atoms with van der Waals surface area (Å²) >= 11 is 3.49. The van der Waals surface area contributed by atoms with Crippen molar-refractivity contribution < 1.29 is 14.7 Å². The molecule has 2 amide bonds. The lowest BCUT2D eigenvalue weighted by Crippen LogP contribution is -2.56. The molecule has 1 aromatic carbocycles. The van der Waals surface area contributed by atoms with Crippen LogP contribution in [-0.2, 0) is 11.2 Å². The minimum Gasteiger partial charge on any atom is -0.480 e. The second-order valence-corrected chi connectivity index (χ2v) is 6.87. The number of likely N-dealkylation sites (N-methyl/N-ethyl adjacent to an activating group) is 1. The number of amides is 2. The van der Waals surface area contributed by atoms with E-state index in [1.165, 1.54) is 0 Å². The van der Waals surface area contributed by atoms with Crippen LogP contribution in [0.3, 0.4) is 0 Å². The first kappa shape index (κ1) is 18.7. The lowest BCUT2D eigenvalue weighted by molar-refractivity contribution is -0.139. The number of hydrogen-bond acceptors (Lipinski definition) is 3. The molecule has 0 bridgehead atoms. The highest BCUT2D eigenvalue weighted by Crippen LogP contribution is 2.25. The van der Waals surface area contributed by atoms with Gasteiger partial charge in [-0.05, 0) is 37.4 Å². The molecule has 7 heteroatoms. The summed E-state index contributed by atoms with van der Waals surface area (Å²) in [6.45, 7) is 3.30. The Bertz CT molecular complexity index is 576. The Balaban J connectivity index is 1.64. The first-order valence-electron chi connectivity index (χ1n) is 8.23. The van der Waals surface area contributed by atoms with Crippen LogP contribution in [0.15, 0.2) is 28.7 Å². The first-order valence-corrected chi connectivity index (χ1v) is 9.02. The number of halogens is 1. The monoisotopic (exact) mass is 397 g/mol. The predicted octanol–water partition coefficient (Wildman–Crippen LogP) is 2.23. The summed E-state index contributed by atoms with van der Waals surface area (Å²) in [5.74, 6) is -0.807. The summed E-state index contributed by atoms with van der Waals surface area (Å²) in [7, 11) is 0. The van der Waals surface area contributed by atoms with Gasteiger partial charge in [0, 0.05) is 23.1 Å². The van der Waals surface area contributed by atoms with Crippen LogP contribution < -0.4 is 10.6 Å². The molecule has 0 unspecified atom stereocenters. The van der Waals surface area contributed by atoms with E-state index in [0.717, 1.165) is 29.3 Å². The second kappa shape index (κ2) is 9.03. The number of carboxylic acids is 1. The summed E-state index contributed by atoms with van der Waals surface area (Å²) in [5.41, 5.74) is 1.16. The number of carboxylic acid groups (broad SMARTS) is 1. The topological polar surface area (TPSA) is 81.7 Å². The molecule has 6 nitrogen and oxygen atoms in total. The molecule has 3 N–H and O–H groups in total. The fraction of sp³-hybridized carbons (Fsp3) is 0.529. The van der Waals surface area contributed by atoms with Gasteiger partial charge in [-0.15, -0.1) is 0 Å². The smallest absolute Gasteiger partial charge is 0.317 e. The van der Waals surface area contributed by atoms with E-state index in [2.05, 4.69) is 26.6 Å². The maximum Gasteiger partial charge on any atom is 0.317 e. The molecule has 0 aromatic heterocycles. The summed E-state index contributed by atoms with van der Waals surface area (Å²) < 4.78 is 1.05. The summed E-state index contributed by atoms with van der Waals surface area (Å²) in [5, 5.41) is 14.7. The van der Waals surface area contributed by atoms with Crippen LogP contribution in [-0.4, -0.2) is 53.7 Å². The van der Waals surface area contributed by atoms with E-state index in [9.17, 15) is 9.59 Å². The molecule has 1 fully saturated rings. The van der Waals surface area contributed by atoms with Crippen molar-refractivity contribution in [2.24, 2.45) is 0 Å². The lowest BCUT2D eigenvalue weighted by Gasteiger charge is -2.42. The molecule has 1 aromatic rings. The van der Waals surface area contributed by atoms with E-state index in [-0.39, 0.29) is 24.7 Å². The van der Waals surface area contributed by atoms with Gasteiger partial charge in [-0.25, -0.2) is 4.79 Å². The molecule has 0 aliphatic heterocycles. The molecular weight excluding hydrogens is 374 g/mol. The maximum atomic E-state index is 11.9. The van der Waals surface area contributed by atoms with Crippen molar-refractivity contribution in [1.82, 2.24) is 15.5 Å². The minimum absolute atomic E-state index is 0.0615. The highest BCUT2D eigenvalue weighted by atomic mass is 79.9. The van der Waals surface area contributed by atoms with E-state index >= 15 is 0 Å². The number of rotatable bonds is 8. The quantitative estimate of drug-likeness (QED) is 0.627. The van der Waals surface area contributed by atoms with E-state index in [4.69, 9.17) is 5.11 Å². The van der Waals surface area contributed by atoms with Gasteiger partial charge < -0.3 is 15.7 Å². The number of urea groups is 1. The summed E-state index contributed by atoms with van der Waals surface area (Å²) in [6.07, 6.45) is 2.38. The molecule has 1 aliphatic carbocycles. The fourth-order valence-corrected chi connectivity index (χ4v) is 3.41. The largest absolute Gasteiger partial charge is 0.480 e. The van der Waals surface area contributed by atoms with Crippen molar-refractivity contribution in [2.45, 2.75) is 38.3 Å². The average Bonchev–Trinajstić information content (AvgIpc) is 2.50. The van der Waals surface area contributed by atoms with Gasteiger partial charge in [0.25, 0.3) is 0 Å². The van der Waals surface area contributed by atoms with E-state index < -0.39 is 5.97 Å². The van der Waals surface area contributed by atoms with E-state index in [1.54, 1.807) is 0 Å². The predicted molar refractivity (Wildman–Crippen MR) is 96.1 cm³/mol. The third-order valence-corrected chi connectivity index (χ3v) is 5.12. The molecule has 24 heavy (non-hydrogen) atoms. The first-order chi connectivity index (χ1) is 11.5. The van der Waals surface area contributed by atoms with Gasteiger partial charge in [0.05, 0.1) is 6.54 Å². The molecule has 0 atom stereocenters. The molecule has 2 rings (SSSR count). The Kier molecular flexibility index (Phi) is 7.05. The van der Waals surface area contributed by atoms with Crippen LogP contribution in [0.2, 0.25) is 0 Å². The molecule has 1 saturated carbocycles. The van der Waals surface area contributed by atoms with Crippen LogP contribution >= 0.6 is 15.9 Å². The minimum atomic E-state index is -0.807. The van der Waals surface area contributed by atoms with Crippen molar-refractivity contribution in [2.75, 3.05) is 19.6 Å². The van der Waals surface area contributed by atoms with E-state index in [1.807, 2.05) is 36.1 Å². The van der Waals surface area contributed by atoms with E-state index in [0.29, 0.717) is 13.1 Å². The number of aliphatic carboxylic acids is 1. The molecular formula is C17H24BrN3O3. The van der Waals surface area contributed by atoms with Gasteiger partial charge in [-0.3, -0.25) is 9.69 Å². The highest BCUT2D eigenvalue weighted by molar-refractivity contribution is 9.10. The van der Waals surface area contributed by atoms with Gasteiger partial charge >= 0.3 is 12.0 Å². The zero-order valence-electron chi connectivity index (χ0n) is 13.8. The average molecular weight is 398 g/mol. The Hall–Kier alpha value is -1.60. The maximum absolute atomic E-state index is 11.9. The molecule has 0 radical (unpaired) electrons.